The van der Waals surface area contributed by atoms with Crippen LogP contribution in [-0.4, -0.2) is 20.4 Å². The van der Waals surface area contributed by atoms with Crippen LogP contribution < -0.4 is 9.62 Å². The summed E-state index contributed by atoms with van der Waals surface area (Å²) in [4.78, 5) is 13.7. The van der Waals surface area contributed by atoms with Gasteiger partial charge in [0, 0.05) is 23.1 Å². The van der Waals surface area contributed by atoms with Gasteiger partial charge in [0.2, 0.25) is 5.91 Å². The molecule has 0 spiro atoms. The largest absolute Gasteiger partial charge is 0.309 e. The van der Waals surface area contributed by atoms with Crippen LogP contribution in [0.3, 0.4) is 0 Å². The topological polar surface area (TPSA) is 66.5 Å². The van der Waals surface area contributed by atoms with Gasteiger partial charge in [-0.05, 0) is 67.8 Å². The first-order chi connectivity index (χ1) is 11.7. The monoisotopic (exact) mass is 422 g/mol. The zero-order valence-corrected chi connectivity index (χ0v) is 16.6. The minimum absolute atomic E-state index is 0.0344. The molecule has 0 saturated heterocycles. The van der Waals surface area contributed by atoms with E-state index in [-0.39, 0.29) is 16.8 Å². The molecule has 3 rings (SSSR count). The molecule has 132 valence electrons. The Bertz CT molecular complexity index is 957. The summed E-state index contributed by atoms with van der Waals surface area (Å²) in [7, 11) is -3.69. The predicted octanol–water partition coefficient (Wildman–Crippen LogP) is 3.86. The van der Waals surface area contributed by atoms with Crippen LogP contribution in [0.4, 0.5) is 11.4 Å². The highest BCUT2D eigenvalue weighted by Gasteiger charge is 2.30. The normalized spacial score (nSPS) is 16.6. The standard InChI is InChI=1S/C18H19BrN2O3S/c1-11-8-15(19)4-6-17(11)20-25(23,24)16-5-7-18-14(10-16)9-12(2)21(18)13(3)22/h4-8,10,12,20H,9H2,1-3H3/t12-/m0/s1. The second-order valence-corrected chi connectivity index (χ2v) is 8.90. The number of halogens is 1. The van der Waals surface area contributed by atoms with Crippen molar-refractivity contribution in [2.24, 2.45) is 0 Å². The van der Waals surface area contributed by atoms with Crippen molar-refractivity contribution in [3.8, 4) is 0 Å². The van der Waals surface area contributed by atoms with Crippen molar-refractivity contribution in [3.63, 3.8) is 0 Å². The molecule has 2 aromatic rings. The van der Waals surface area contributed by atoms with Crippen molar-refractivity contribution in [1.82, 2.24) is 0 Å². The molecule has 0 bridgehead atoms. The second kappa shape index (κ2) is 6.46. The number of aryl methyl sites for hydroxylation is 1. The van der Waals surface area contributed by atoms with E-state index in [0.717, 1.165) is 21.3 Å². The third-order valence-electron chi connectivity index (χ3n) is 4.35. The number of sulfonamides is 1. The lowest BCUT2D eigenvalue weighted by atomic mass is 10.1. The average Bonchev–Trinajstić information content (AvgIpc) is 2.85. The average molecular weight is 423 g/mol. The first-order valence-electron chi connectivity index (χ1n) is 7.91. The molecule has 1 aliphatic rings. The van der Waals surface area contributed by atoms with Crippen LogP contribution in [0.2, 0.25) is 0 Å². The fourth-order valence-electron chi connectivity index (χ4n) is 3.20. The molecule has 0 radical (unpaired) electrons. The maximum absolute atomic E-state index is 12.7. The van der Waals surface area contributed by atoms with Gasteiger partial charge in [-0.15, -0.1) is 0 Å². The van der Waals surface area contributed by atoms with Crippen molar-refractivity contribution < 1.29 is 13.2 Å². The lowest BCUT2D eigenvalue weighted by Gasteiger charge is -2.20. The van der Waals surface area contributed by atoms with Crippen LogP contribution in [0, 0.1) is 6.92 Å². The lowest BCUT2D eigenvalue weighted by molar-refractivity contribution is -0.116. The highest BCUT2D eigenvalue weighted by atomic mass is 79.9. The molecule has 0 aromatic heterocycles. The smallest absolute Gasteiger partial charge is 0.261 e. The van der Waals surface area contributed by atoms with Gasteiger partial charge in [0.25, 0.3) is 10.0 Å². The summed E-state index contributed by atoms with van der Waals surface area (Å²) in [5, 5.41) is 0. The molecule has 0 unspecified atom stereocenters. The van der Waals surface area contributed by atoms with Crippen LogP contribution in [0.25, 0.3) is 0 Å². The van der Waals surface area contributed by atoms with Crippen molar-refractivity contribution in [3.05, 3.63) is 52.0 Å². The van der Waals surface area contributed by atoms with Crippen LogP contribution >= 0.6 is 15.9 Å². The fraction of sp³-hybridized carbons (Fsp3) is 0.278. The summed E-state index contributed by atoms with van der Waals surface area (Å²) in [5.41, 5.74) is 3.04. The third-order valence-corrected chi connectivity index (χ3v) is 6.21. The first-order valence-corrected chi connectivity index (χ1v) is 10.2. The number of nitrogens with zero attached hydrogens (tertiary/aromatic N) is 1. The van der Waals surface area contributed by atoms with Gasteiger partial charge in [0.05, 0.1) is 10.6 Å². The summed E-state index contributed by atoms with van der Waals surface area (Å²) in [6.45, 7) is 5.32. The molecule has 0 aliphatic carbocycles. The van der Waals surface area contributed by atoms with Gasteiger partial charge >= 0.3 is 0 Å². The number of hydrogen-bond donors (Lipinski definition) is 1. The number of benzene rings is 2. The Hall–Kier alpha value is -1.86. The number of carbonyl (C=O) groups excluding carboxylic acids is 1. The van der Waals surface area contributed by atoms with E-state index in [1.54, 1.807) is 35.2 Å². The lowest BCUT2D eigenvalue weighted by Crippen LogP contribution is -2.33. The predicted molar refractivity (Wildman–Crippen MR) is 102 cm³/mol. The summed E-state index contributed by atoms with van der Waals surface area (Å²) in [6.07, 6.45) is 0.648. The Kier molecular flexibility index (Phi) is 4.64. The van der Waals surface area contributed by atoms with Gasteiger partial charge < -0.3 is 4.90 Å². The molecule has 5 nitrogen and oxygen atoms in total. The Morgan fingerprint density at radius 2 is 1.96 bits per heavy atom. The Morgan fingerprint density at radius 1 is 1.24 bits per heavy atom. The Morgan fingerprint density at radius 3 is 2.60 bits per heavy atom. The molecule has 25 heavy (non-hydrogen) atoms. The van der Waals surface area contributed by atoms with Gasteiger partial charge in [0.1, 0.15) is 0 Å². The van der Waals surface area contributed by atoms with Gasteiger partial charge in [-0.25, -0.2) is 8.42 Å². The molecule has 2 aromatic carbocycles. The Labute approximate surface area is 156 Å². The number of rotatable bonds is 3. The molecular weight excluding hydrogens is 404 g/mol. The van der Waals surface area contributed by atoms with Crippen LogP contribution in [0.15, 0.2) is 45.8 Å². The molecule has 1 amide bonds. The number of fused-ring (bicyclic) bond motifs is 1. The summed E-state index contributed by atoms with van der Waals surface area (Å²) in [6, 6.07) is 10.3. The molecule has 0 fully saturated rings. The van der Waals surface area contributed by atoms with Crippen molar-refractivity contribution >= 4 is 43.2 Å². The van der Waals surface area contributed by atoms with Crippen molar-refractivity contribution in [2.45, 2.75) is 38.1 Å². The number of amides is 1. The van der Waals surface area contributed by atoms with Crippen LogP contribution in [0.5, 0.6) is 0 Å². The molecule has 1 heterocycles. The number of hydrogen-bond acceptors (Lipinski definition) is 3. The minimum atomic E-state index is -3.69. The van der Waals surface area contributed by atoms with Gasteiger partial charge in [-0.3, -0.25) is 9.52 Å². The molecule has 1 atom stereocenters. The van der Waals surface area contributed by atoms with Crippen LogP contribution in [0.1, 0.15) is 25.0 Å². The molecule has 1 N–H and O–H groups in total. The van der Waals surface area contributed by atoms with E-state index < -0.39 is 10.0 Å². The van der Waals surface area contributed by atoms with Crippen molar-refractivity contribution in [1.29, 1.82) is 0 Å². The van der Waals surface area contributed by atoms with E-state index >= 15 is 0 Å². The van der Waals surface area contributed by atoms with Gasteiger partial charge in [-0.2, -0.15) is 0 Å². The van der Waals surface area contributed by atoms with Crippen LogP contribution in [-0.2, 0) is 21.2 Å². The highest BCUT2D eigenvalue weighted by Crippen LogP contribution is 2.34. The van der Waals surface area contributed by atoms with E-state index in [2.05, 4.69) is 20.7 Å². The number of nitrogens with one attached hydrogen (secondary N) is 1. The summed E-state index contributed by atoms with van der Waals surface area (Å²) < 4.78 is 29.0. The zero-order valence-electron chi connectivity index (χ0n) is 14.2. The first kappa shape index (κ1) is 17.9. The van der Waals surface area contributed by atoms with Crippen molar-refractivity contribution in [2.75, 3.05) is 9.62 Å². The van der Waals surface area contributed by atoms with Gasteiger partial charge in [-0.1, -0.05) is 15.9 Å². The van der Waals surface area contributed by atoms with E-state index in [9.17, 15) is 13.2 Å². The summed E-state index contributed by atoms with van der Waals surface area (Å²) >= 11 is 3.37. The molecule has 0 saturated carbocycles. The summed E-state index contributed by atoms with van der Waals surface area (Å²) in [5.74, 6) is -0.0366. The maximum atomic E-state index is 12.7. The molecular formula is C18H19BrN2O3S. The quantitative estimate of drug-likeness (QED) is 0.816. The zero-order chi connectivity index (χ0) is 18.4. The van der Waals surface area contributed by atoms with E-state index in [1.807, 2.05) is 19.9 Å². The number of carbonyl (C=O) groups is 1. The number of anilines is 2. The highest BCUT2D eigenvalue weighted by molar-refractivity contribution is 9.10. The minimum Gasteiger partial charge on any atom is -0.309 e. The fourth-order valence-corrected chi connectivity index (χ4v) is 4.86. The SMILES string of the molecule is CC(=O)N1c2ccc(S(=O)(=O)Nc3ccc(Br)cc3C)cc2C[C@@H]1C. The van der Waals surface area contributed by atoms with E-state index in [0.29, 0.717) is 12.1 Å². The third kappa shape index (κ3) is 3.43. The second-order valence-electron chi connectivity index (χ2n) is 6.30. The van der Waals surface area contributed by atoms with E-state index in [4.69, 9.17) is 0 Å². The molecule has 1 aliphatic heterocycles. The van der Waals surface area contributed by atoms with Gasteiger partial charge in [0.15, 0.2) is 0 Å². The maximum Gasteiger partial charge on any atom is 0.261 e. The molecule has 7 heteroatoms. The Balaban J connectivity index is 1.94. The van der Waals surface area contributed by atoms with E-state index in [1.165, 1.54) is 6.92 Å².